The van der Waals surface area contributed by atoms with Gasteiger partial charge in [0.25, 0.3) is 0 Å². The topological polar surface area (TPSA) is 27.7 Å². The van der Waals surface area contributed by atoms with Crippen LogP contribution in [0, 0.1) is 11.2 Å². The summed E-state index contributed by atoms with van der Waals surface area (Å²) in [6.45, 7) is 20.9. The molecule has 3 nitrogen and oxygen atoms in total. The molecule has 1 aliphatic rings. The van der Waals surface area contributed by atoms with E-state index in [9.17, 15) is 4.39 Å². The lowest BCUT2D eigenvalue weighted by Gasteiger charge is -2.40. The summed E-state index contributed by atoms with van der Waals surface area (Å²) < 4.78 is 28.7. The van der Waals surface area contributed by atoms with Gasteiger partial charge < -0.3 is 14.2 Å². The molecule has 0 saturated carbocycles. The van der Waals surface area contributed by atoms with E-state index in [0.29, 0.717) is 12.0 Å². The van der Waals surface area contributed by atoms with Crippen molar-refractivity contribution in [2.75, 3.05) is 33.0 Å². The quantitative estimate of drug-likeness (QED) is 0.410. The van der Waals surface area contributed by atoms with Crippen LogP contribution in [0.5, 0.6) is 0 Å². The fourth-order valence-electron chi connectivity index (χ4n) is 2.32. The Balaban J connectivity index is 0. The van der Waals surface area contributed by atoms with E-state index in [1.54, 1.807) is 6.07 Å². The van der Waals surface area contributed by atoms with Crippen LogP contribution in [0.1, 0.15) is 92.7 Å². The molecule has 0 amide bonds. The summed E-state index contributed by atoms with van der Waals surface area (Å²) in [5, 5.41) is 0. The van der Waals surface area contributed by atoms with E-state index in [-0.39, 0.29) is 11.9 Å². The molecule has 1 atom stereocenters. The standard InChI is InChI=1S/C10H13FO.C9H18O2.2C3H8/c1-3-12-8(2)9-5-4-6-10(11)7-9;1-3-5-10-6-9(4-2)7-11-8-9;2*1-3-2/h4-8H,3H2,1-2H3;3-8H2,1-2H3;2*3H2,1-2H3. The molecule has 1 unspecified atom stereocenters. The Labute approximate surface area is 180 Å². The third kappa shape index (κ3) is 15.5. The lowest BCUT2D eigenvalue weighted by atomic mass is 9.84. The Morgan fingerprint density at radius 2 is 1.62 bits per heavy atom. The molecular weight excluding hydrogens is 367 g/mol. The van der Waals surface area contributed by atoms with Gasteiger partial charge in [-0.05, 0) is 44.4 Å². The molecule has 0 aromatic heterocycles. The largest absolute Gasteiger partial charge is 0.381 e. The highest BCUT2D eigenvalue weighted by atomic mass is 19.1. The van der Waals surface area contributed by atoms with E-state index >= 15 is 0 Å². The molecule has 0 aliphatic carbocycles. The van der Waals surface area contributed by atoms with Crippen LogP contribution in [0.15, 0.2) is 24.3 Å². The number of halogens is 1. The van der Waals surface area contributed by atoms with Gasteiger partial charge >= 0.3 is 0 Å². The molecule has 1 saturated heterocycles. The van der Waals surface area contributed by atoms with E-state index in [0.717, 1.165) is 38.4 Å². The van der Waals surface area contributed by atoms with Gasteiger partial charge in [-0.1, -0.05) is 66.5 Å². The number of hydrogen-bond donors (Lipinski definition) is 0. The molecule has 0 radical (unpaired) electrons. The molecule has 29 heavy (non-hydrogen) atoms. The third-order valence-electron chi connectivity index (χ3n) is 4.06. The van der Waals surface area contributed by atoms with Gasteiger partial charge in [0.2, 0.25) is 0 Å². The van der Waals surface area contributed by atoms with Crippen LogP contribution in [0.2, 0.25) is 0 Å². The van der Waals surface area contributed by atoms with Crippen LogP contribution in [0.4, 0.5) is 4.39 Å². The van der Waals surface area contributed by atoms with Crippen molar-refractivity contribution in [2.45, 2.75) is 87.2 Å². The molecule has 0 bridgehead atoms. The van der Waals surface area contributed by atoms with Gasteiger partial charge in [-0.15, -0.1) is 0 Å². The highest BCUT2D eigenvalue weighted by molar-refractivity contribution is 5.18. The summed E-state index contributed by atoms with van der Waals surface area (Å²) in [6, 6.07) is 6.49. The van der Waals surface area contributed by atoms with Crippen molar-refractivity contribution >= 4 is 0 Å². The lowest BCUT2D eigenvalue weighted by molar-refractivity contribution is -0.150. The summed E-state index contributed by atoms with van der Waals surface area (Å²) in [4.78, 5) is 0. The number of ether oxygens (including phenoxy) is 3. The average molecular weight is 415 g/mol. The van der Waals surface area contributed by atoms with Crippen molar-refractivity contribution in [1.82, 2.24) is 0 Å². The minimum Gasteiger partial charge on any atom is -0.381 e. The van der Waals surface area contributed by atoms with Gasteiger partial charge in [-0.2, -0.15) is 0 Å². The second-order valence-electron chi connectivity index (χ2n) is 7.47. The van der Waals surface area contributed by atoms with Crippen LogP contribution >= 0.6 is 0 Å². The monoisotopic (exact) mass is 414 g/mol. The van der Waals surface area contributed by atoms with Gasteiger partial charge in [-0.3, -0.25) is 0 Å². The fraction of sp³-hybridized carbons (Fsp3) is 0.760. The molecule has 1 heterocycles. The van der Waals surface area contributed by atoms with Crippen molar-refractivity contribution in [2.24, 2.45) is 5.41 Å². The van der Waals surface area contributed by atoms with Crippen LogP contribution in [0.25, 0.3) is 0 Å². The van der Waals surface area contributed by atoms with Gasteiger partial charge in [-0.25, -0.2) is 4.39 Å². The first-order chi connectivity index (χ1) is 13.9. The summed E-state index contributed by atoms with van der Waals surface area (Å²) in [5.41, 5.74) is 1.26. The van der Waals surface area contributed by atoms with E-state index in [1.165, 1.54) is 31.4 Å². The first-order valence-electron chi connectivity index (χ1n) is 11.4. The predicted octanol–water partition coefficient (Wildman–Crippen LogP) is 7.60. The maximum absolute atomic E-state index is 12.7. The SMILES string of the molecule is CCC.CCC.CCCOCC1(CC)COC1.CCOC(C)c1cccc(F)c1. The van der Waals surface area contributed by atoms with Crippen molar-refractivity contribution in [3.05, 3.63) is 35.6 Å². The zero-order chi connectivity index (χ0) is 22.5. The molecule has 1 aromatic rings. The van der Waals surface area contributed by atoms with E-state index < -0.39 is 0 Å². The molecule has 2 rings (SSSR count). The zero-order valence-electron chi connectivity index (χ0n) is 20.4. The second-order valence-corrected chi connectivity index (χ2v) is 7.47. The van der Waals surface area contributed by atoms with E-state index in [4.69, 9.17) is 14.2 Å². The average Bonchev–Trinajstić information content (AvgIpc) is 2.66. The normalized spacial score (nSPS) is 14.7. The van der Waals surface area contributed by atoms with Crippen LogP contribution in [0.3, 0.4) is 0 Å². The Hall–Kier alpha value is -0.970. The van der Waals surface area contributed by atoms with Gasteiger partial charge in [0.05, 0.1) is 25.9 Å². The molecule has 0 spiro atoms. The molecule has 4 heteroatoms. The summed E-state index contributed by atoms with van der Waals surface area (Å²) in [5.74, 6) is -0.209. The second kappa shape index (κ2) is 20.3. The Morgan fingerprint density at radius 3 is 2.00 bits per heavy atom. The number of rotatable bonds is 8. The highest BCUT2D eigenvalue weighted by Gasteiger charge is 2.36. The molecule has 0 N–H and O–H groups in total. The van der Waals surface area contributed by atoms with Crippen LogP contribution in [-0.4, -0.2) is 33.0 Å². The lowest BCUT2D eigenvalue weighted by Crippen LogP contribution is -2.45. The van der Waals surface area contributed by atoms with Crippen molar-refractivity contribution in [3.63, 3.8) is 0 Å². The molecule has 1 aromatic carbocycles. The number of benzene rings is 1. The highest BCUT2D eigenvalue weighted by Crippen LogP contribution is 2.31. The van der Waals surface area contributed by atoms with Gasteiger partial charge in [0.15, 0.2) is 0 Å². The smallest absolute Gasteiger partial charge is 0.123 e. The molecule has 1 aliphatic heterocycles. The zero-order valence-corrected chi connectivity index (χ0v) is 20.4. The third-order valence-corrected chi connectivity index (χ3v) is 4.06. The Bertz CT molecular complexity index is 454. The van der Waals surface area contributed by atoms with E-state index in [2.05, 4.69) is 41.5 Å². The Morgan fingerprint density at radius 1 is 1.03 bits per heavy atom. The molecular formula is C25H47FO3. The van der Waals surface area contributed by atoms with Gasteiger partial charge in [0, 0.05) is 18.6 Å². The van der Waals surface area contributed by atoms with Crippen LogP contribution in [-0.2, 0) is 14.2 Å². The minimum atomic E-state index is -0.209. The minimum absolute atomic E-state index is 0.0225. The Kier molecular flexibility index (Phi) is 21.2. The van der Waals surface area contributed by atoms with E-state index in [1.807, 2.05) is 19.9 Å². The maximum atomic E-state index is 12.7. The molecule has 172 valence electrons. The first-order valence-corrected chi connectivity index (χ1v) is 11.4. The molecule has 1 fully saturated rings. The van der Waals surface area contributed by atoms with Gasteiger partial charge in [0.1, 0.15) is 5.82 Å². The summed E-state index contributed by atoms with van der Waals surface area (Å²) in [6.07, 6.45) is 4.77. The summed E-state index contributed by atoms with van der Waals surface area (Å²) >= 11 is 0. The maximum Gasteiger partial charge on any atom is 0.123 e. The predicted molar refractivity (Wildman–Crippen MR) is 123 cm³/mol. The van der Waals surface area contributed by atoms with Crippen LogP contribution < -0.4 is 0 Å². The fourth-order valence-corrected chi connectivity index (χ4v) is 2.32. The van der Waals surface area contributed by atoms with Crippen molar-refractivity contribution < 1.29 is 18.6 Å². The van der Waals surface area contributed by atoms with Crippen molar-refractivity contribution in [1.29, 1.82) is 0 Å². The van der Waals surface area contributed by atoms with Crippen molar-refractivity contribution in [3.8, 4) is 0 Å². The summed E-state index contributed by atoms with van der Waals surface area (Å²) in [7, 11) is 0. The number of hydrogen-bond acceptors (Lipinski definition) is 3. The first kappa shape index (κ1) is 30.2.